The number of carbonyl (C=O) groups is 1. The monoisotopic (exact) mass is 659 g/mol. The number of amides is 1. The van der Waals surface area contributed by atoms with E-state index in [4.69, 9.17) is 9.05 Å². The summed E-state index contributed by atoms with van der Waals surface area (Å²) >= 11 is 0. The van der Waals surface area contributed by atoms with Crippen LogP contribution < -0.4 is 10.2 Å². The number of hydrogen-bond donors (Lipinski definition) is 2. The van der Waals surface area contributed by atoms with Gasteiger partial charge in [0.25, 0.3) is 7.82 Å². The number of likely N-dealkylation sites (N-methyl/N-ethyl adjacent to an activating group) is 1. The average molecular weight is 659 g/mol. The summed E-state index contributed by atoms with van der Waals surface area (Å²) in [6.45, 7) is 4.47. The fourth-order valence-corrected chi connectivity index (χ4v) is 5.65. The fourth-order valence-electron chi connectivity index (χ4n) is 4.93. The van der Waals surface area contributed by atoms with E-state index in [0.29, 0.717) is 17.4 Å². The van der Waals surface area contributed by atoms with Gasteiger partial charge in [0.1, 0.15) is 13.2 Å². The van der Waals surface area contributed by atoms with Gasteiger partial charge in [0.15, 0.2) is 0 Å². The van der Waals surface area contributed by atoms with Crippen molar-refractivity contribution in [1.82, 2.24) is 5.32 Å². The van der Waals surface area contributed by atoms with Gasteiger partial charge in [-0.2, -0.15) is 0 Å². The summed E-state index contributed by atoms with van der Waals surface area (Å²) < 4.78 is 22.9. The fraction of sp³-hybridized carbons (Fsp3) is 0.861. The van der Waals surface area contributed by atoms with Gasteiger partial charge in [-0.15, -0.1) is 0 Å². The molecule has 0 spiro atoms. The SMILES string of the molecule is CCCCCCCCCCCCCCC/C=C/CC/C=C/C(O)C(COP(=O)([O-])OCC[N+](C)(C)C)NC(=O)CCCCCC. The summed E-state index contributed by atoms with van der Waals surface area (Å²) in [4.78, 5) is 24.8. The average Bonchev–Trinajstić information content (AvgIpc) is 2.97. The molecule has 0 fully saturated rings. The molecule has 0 aromatic heterocycles. The minimum Gasteiger partial charge on any atom is -0.756 e. The zero-order valence-corrected chi connectivity index (χ0v) is 30.7. The van der Waals surface area contributed by atoms with E-state index in [1.54, 1.807) is 6.08 Å². The van der Waals surface area contributed by atoms with Gasteiger partial charge >= 0.3 is 0 Å². The van der Waals surface area contributed by atoms with E-state index >= 15 is 0 Å². The van der Waals surface area contributed by atoms with Gasteiger partial charge in [0, 0.05) is 6.42 Å². The van der Waals surface area contributed by atoms with Gasteiger partial charge in [-0.05, 0) is 32.1 Å². The highest BCUT2D eigenvalue weighted by atomic mass is 31.2. The lowest BCUT2D eigenvalue weighted by Crippen LogP contribution is -2.45. The highest BCUT2D eigenvalue weighted by molar-refractivity contribution is 7.45. The number of nitrogens with zero attached hydrogens (tertiary/aromatic N) is 1. The molecule has 266 valence electrons. The molecule has 0 aromatic rings. The Bertz CT molecular complexity index is 799. The molecule has 0 aliphatic carbocycles. The molecule has 0 aromatic carbocycles. The molecule has 45 heavy (non-hydrogen) atoms. The smallest absolute Gasteiger partial charge is 0.268 e. The predicted octanol–water partition coefficient (Wildman–Crippen LogP) is 8.38. The summed E-state index contributed by atoms with van der Waals surface area (Å²) in [6.07, 6.45) is 31.4. The maximum atomic E-state index is 12.5. The van der Waals surface area contributed by atoms with E-state index < -0.39 is 26.6 Å². The van der Waals surface area contributed by atoms with Crippen LogP contribution in [0.15, 0.2) is 24.3 Å². The number of nitrogens with one attached hydrogen (secondary N) is 1. The topological polar surface area (TPSA) is 108 Å². The van der Waals surface area contributed by atoms with E-state index in [9.17, 15) is 19.4 Å². The quantitative estimate of drug-likeness (QED) is 0.0325. The molecule has 8 nitrogen and oxygen atoms in total. The number of hydrogen-bond acceptors (Lipinski definition) is 6. The first kappa shape index (κ1) is 44.0. The van der Waals surface area contributed by atoms with E-state index in [0.717, 1.165) is 44.9 Å². The number of phosphoric acid groups is 1. The third-order valence-electron chi connectivity index (χ3n) is 7.91. The molecular formula is C36H71N2O6P. The number of quaternary nitrogens is 1. The van der Waals surface area contributed by atoms with Gasteiger partial charge < -0.3 is 28.8 Å². The van der Waals surface area contributed by atoms with E-state index in [1.807, 2.05) is 27.2 Å². The summed E-state index contributed by atoms with van der Waals surface area (Å²) in [7, 11) is 1.24. The molecule has 0 radical (unpaired) electrons. The van der Waals surface area contributed by atoms with Crippen LogP contribution in [0, 0.1) is 0 Å². The Morgan fingerprint density at radius 3 is 1.80 bits per heavy atom. The standard InChI is InChI=1S/C36H71N2O6P/c1-6-8-10-12-13-14-15-16-17-18-19-20-21-22-23-24-25-26-27-29-35(39)34(37-36(40)30-28-11-9-7-2)33-44-45(41,42)43-32-31-38(3,4)5/h23-24,27,29,34-35,39H,6-22,25-26,28,30-33H2,1-5H3,(H-,37,40,41,42)/b24-23+,29-27+. The lowest BCUT2D eigenvalue weighted by Gasteiger charge is -2.29. The second-order valence-electron chi connectivity index (χ2n) is 13.6. The second-order valence-corrected chi connectivity index (χ2v) is 15.0. The molecule has 0 saturated heterocycles. The Morgan fingerprint density at radius 1 is 0.756 bits per heavy atom. The molecule has 3 unspecified atom stereocenters. The van der Waals surface area contributed by atoms with Gasteiger partial charge in [0.2, 0.25) is 5.91 Å². The van der Waals surface area contributed by atoms with E-state index in [1.165, 1.54) is 83.5 Å². The molecule has 9 heteroatoms. The summed E-state index contributed by atoms with van der Waals surface area (Å²) in [5.41, 5.74) is 0. The molecule has 0 aliphatic rings. The number of allylic oxidation sites excluding steroid dienone is 3. The largest absolute Gasteiger partial charge is 0.756 e. The molecule has 0 heterocycles. The summed E-state index contributed by atoms with van der Waals surface area (Å²) in [5, 5.41) is 13.5. The van der Waals surface area contributed by atoms with Crippen molar-refractivity contribution in [2.24, 2.45) is 0 Å². The van der Waals surface area contributed by atoms with Crippen molar-refractivity contribution in [2.75, 3.05) is 40.9 Å². The highest BCUT2D eigenvalue weighted by Crippen LogP contribution is 2.38. The lowest BCUT2D eigenvalue weighted by atomic mass is 10.0. The van der Waals surface area contributed by atoms with Crippen molar-refractivity contribution >= 4 is 13.7 Å². The zero-order chi connectivity index (χ0) is 33.7. The van der Waals surface area contributed by atoms with Crippen LogP contribution in [-0.4, -0.2) is 68.5 Å². The third-order valence-corrected chi connectivity index (χ3v) is 8.88. The second kappa shape index (κ2) is 29.1. The van der Waals surface area contributed by atoms with Crippen LogP contribution in [-0.2, 0) is 18.4 Å². The predicted molar refractivity (Wildman–Crippen MR) is 187 cm³/mol. The van der Waals surface area contributed by atoms with Crippen LogP contribution in [0.3, 0.4) is 0 Å². The number of phosphoric ester groups is 1. The van der Waals surface area contributed by atoms with Crippen molar-refractivity contribution in [3.05, 3.63) is 24.3 Å². The molecule has 0 bridgehead atoms. The van der Waals surface area contributed by atoms with Crippen molar-refractivity contribution in [3.63, 3.8) is 0 Å². The van der Waals surface area contributed by atoms with Crippen molar-refractivity contribution < 1.29 is 32.9 Å². The maximum absolute atomic E-state index is 12.5. The maximum Gasteiger partial charge on any atom is 0.268 e. The van der Waals surface area contributed by atoms with Crippen molar-refractivity contribution in [1.29, 1.82) is 0 Å². The van der Waals surface area contributed by atoms with Crippen LogP contribution in [0.1, 0.15) is 149 Å². The number of unbranched alkanes of at least 4 members (excludes halogenated alkanes) is 17. The Labute approximate surface area is 277 Å². The van der Waals surface area contributed by atoms with Gasteiger partial charge in [-0.25, -0.2) is 0 Å². The number of rotatable bonds is 32. The molecule has 0 rings (SSSR count). The molecule has 1 amide bonds. The normalized spacial score (nSPS) is 15.1. The lowest BCUT2D eigenvalue weighted by molar-refractivity contribution is -0.870. The summed E-state index contributed by atoms with van der Waals surface area (Å²) in [5.74, 6) is -0.227. The number of aliphatic hydroxyl groups excluding tert-OH is 1. The highest BCUT2D eigenvalue weighted by Gasteiger charge is 2.23. The number of carbonyl (C=O) groups excluding carboxylic acids is 1. The zero-order valence-electron chi connectivity index (χ0n) is 29.8. The molecule has 0 saturated carbocycles. The first-order chi connectivity index (χ1) is 21.5. The van der Waals surface area contributed by atoms with E-state index in [-0.39, 0.29) is 12.5 Å². The minimum absolute atomic E-state index is 0.00589. The van der Waals surface area contributed by atoms with Crippen LogP contribution >= 0.6 is 7.82 Å². The van der Waals surface area contributed by atoms with Gasteiger partial charge in [0.05, 0.1) is 39.9 Å². The first-order valence-corrected chi connectivity index (χ1v) is 19.7. The van der Waals surface area contributed by atoms with Crippen molar-refractivity contribution in [2.45, 2.75) is 161 Å². The Morgan fingerprint density at radius 2 is 1.24 bits per heavy atom. The number of aliphatic hydroxyl groups is 1. The minimum atomic E-state index is -4.57. The first-order valence-electron chi connectivity index (χ1n) is 18.2. The van der Waals surface area contributed by atoms with Crippen molar-refractivity contribution in [3.8, 4) is 0 Å². The van der Waals surface area contributed by atoms with Gasteiger partial charge in [-0.3, -0.25) is 9.36 Å². The summed E-state index contributed by atoms with van der Waals surface area (Å²) in [6, 6.07) is -0.893. The Balaban J connectivity index is 4.34. The van der Waals surface area contributed by atoms with Gasteiger partial charge in [-0.1, -0.05) is 134 Å². The molecule has 3 atom stereocenters. The molecular weight excluding hydrogens is 587 g/mol. The molecule has 0 aliphatic heterocycles. The Hall–Kier alpha value is -1.02. The van der Waals surface area contributed by atoms with Crippen LogP contribution in [0.4, 0.5) is 0 Å². The van der Waals surface area contributed by atoms with Crippen LogP contribution in [0.5, 0.6) is 0 Å². The molecule has 2 N–H and O–H groups in total. The Kier molecular flexibility index (Phi) is 28.5. The van der Waals surface area contributed by atoms with Crippen LogP contribution in [0.25, 0.3) is 0 Å². The third kappa shape index (κ3) is 31.4. The van der Waals surface area contributed by atoms with E-state index in [2.05, 4.69) is 31.3 Å². The van der Waals surface area contributed by atoms with Crippen LogP contribution in [0.2, 0.25) is 0 Å².